The van der Waals surface area contributed by atoms with Crippen molar-refractivity contribution in [2.75, 3.05) is 13.2 Å². The average molecular weight is 283 g/mol. The van der Waals surface area contributed by atoms with Gasteiger partial charge in [-0.1, -0.05) is 30.3 Å². The van der Waals surface area contributed by atoms with E-state index in [0.717, 1.165) is 17.1 Å². The van der Waals surface area contributed by atoms with Crippen LogP contribution in [0.3, 0.4) is 0 Å². The van der Waals surface area contributed by atoms with Crippen LogP contribution in [-0.2, 0) is 0 Å². The smallest absolute Gasteiger partial charge is 0.251 e. The fourth-order valence-electron chi connectivity index (χ4n) is 2.29. The zero-order valence-corrected chi connectivity index (χ0v) is 11.8. The van der Waals surface area contributed by atoms with Gasteiger partial charge in [0.15, 0.2) is 11.5 Å². The molecule has 1 heterocycles. The molecule has 1 aliphatic rings. The number of fused-ring (bicyclic) bond motifs is 1. The number of carbonyl (C=O) groups is 1. The number of aryl methyl sites for hydroxylation is 1. The molecule has 1 unspecified atom stereocenters. The predicted octanol–water partition coefficient (Wildman–Crippen LogP) is 2.56. The van der Waals surface area contributed by atoms with E-state index in [9.17, 15) is 4.79 Å². The number of benzene rings is 2. The van der Waals surface area contributed by atoms with Crippen molar-refractivity contribution < 1.29 is 14.3 Å². The van der Waals surface area contributed by atoms with Gasteiger partial charge in [0, 0.05) is 5.56 Å². The van der Waals surface area contributed by atoms with Crippen molar-refractivity contribution in [3.05, 3.63) is 59.7 Å². The Hall–Kier alpha value is -2.49. The highest BCUT2D eigenvalue weighted by molar-refractivity contribution is 5.95. The van der Waals surface area contributed by atoms with Gasteiger partial charge in [-0.25, -0.2) is 0 Å². The lowest BCUT2D eigenvalue weighted by atomic mass is 10.1. The fraction of sp³-hybridized carbons (Fsp3) is 0.235. The number of hydrogen-bond acceptors (Lipinski definition) is 3. The summed E-state index contributed by atoms with van der Waals surface area (Å²) >= 11 is 0. The summed E-state index contributed by atoms with van der Waals surface area (Å²) in [7, 11) is 0. The number of hydrogen-bond donors (Lipinski definition) is 1. The summed E-state index contributed by atoms with van der Waals surface area (Å²) in [5.41, 5.74) is 1.65. The third kappa shape index (κ3) is 2.99. The second kappa shape index (κ2) is 5.87. The lowest BCUT2D eigenvalue weighted by Crippen LogP contribution is -2.40. The molecule has 0 spiro atoms. The first-order valence-corrected chi connectivity index (χ1v) is 6.96. The number of amides is 1. The maximum atomic E-state index is 12.1. The normalized spacial score (nSPS) is 16.3. The van der Waals surface area contributed by atoms with Crippen LogP contribution in [0.25, 0.3) is 0 Å². The SMILES string of the molecule is Cc1ccccc1C(=O)NCC1COc2ccccc2O1. The molecular weight excluding hydrogens is 266 g/mol. The highest BCUT2D eigenvalue weighted by Crippen LogP contribution is 2.30. The molecule has 1 amide bonds. The van der Waals surface area contributed by atoms with Gasteiger partial charge in [0.2, 0.25) is 0 Å². The Morgan fingerprint density at radius 3 is 2.67 bits per heavy atom. The van der Waals surface area contributed by atoms with Gasteiger partial charge in [0.05, 0.1) is 6.54 Å². The molecule has 0 radical (unpaired) electrons. The fourth-order valence-corrected chi connectivity index (χ4v) is 2.29. The second-order valence-electron chi connectivity index (χ2n) is 5.02. The minimum absolute atomic E-state index is 0.0874. The van der Waals surface area contributed by atoms with Crippen molar-refractivity contribution in [3.63, 3.8) is 0 Å². The van der Waals surface area contributed by atoms with Crippen LogP contribution in [-0.4, -0.2) is 25.2 Å². The van der Waals surface area contributed by atoms with Crippen molar-refractivity contribution in [3.8, 4) is 11.5 Å². The van der Waals surface area contributed by atoms with Crippen molar-refractivity contribution in [1.29, 1.82) is 0 Å². The van der Waals surface area contributed by atoms with Crippen LogP contribution in [0.5, 0.6) is 11.5 Å². The van der Waals surface area contributed by atoms with E-state index < -0.39 is 0 Å². The van der Waals surface area contributed by atoms with E-state index in [1.807, 2.05) is 55.5 Å². The van der Waals surface area contributed by atoms with Gasteiger partial charge in [0.25, 0.3) is 5.91 Å². The summed E-state index contributed by atoms with van der Waals surface area (Å²) in [5.74, 6) is 1.38. The van der Waals surface area contributed by atoms with E-state index in [0.29, 0.717) is 18.7 Å². The summed E-state index contributed by atoms with van der Waals surface area (Å²) in [6.07, 6.45) is -0.173. The van der Waals surface area contributed by atoms with Gasteiger partial charge in [-0.3, -0.25) is 4.79 Å². The van der Waals surface area contributed by atoms with E-state index in [4.69, 9.17) is 9.47 Å². The zero-order chi connectivity index (χ0) is 14.7. The van der Waals surface area contributed by atoms with Crippen molar-refractivity contribution in [2.24, 2.45) is 0 Å². The van der Waals surface area contributed by atoms with Gasteiger partial charge >= 0.3 is 0 Å². The van der Waals surface area contributed by atoms with E-state index in [1.165, 1.54) is 0 Å². The first kappa shape index (κ1) is 13.5. The summed E-state index contributed by atoms with van der Waals surface area (Å²) in [5, 5.41) is 2.90. The van der Waals surface area contributed by atoms with Crippen molar-refractivity contribution in [1.82, 2.24) is 5.32 Å². The predicted molar refractivity (Wildman–Crippen MR) is 79.9 cm³/mol. The Kier molecular flexibility index (Phi) is 3.77. The molecule has 2 aromatic rings. The van der Waals surface area contributed by atoms with Crippen LogP contribution in [0.4, 0.5) is 0 Å². The lowest BCUT2D eigenvalue weighted by molar-refractivity contribution is 0.0789. The minimum Gasteiger partial charge on any atom is -0.486 e. The highest BCUT2D eigenvalue weighted by Gasteiger charge is 2.21. The molecule has 21 heavy (non-hydrogen) atoms. The third-order valence-electron chi connectivity index (χ3n) is 3.45. The van der Waals surface area contributed by atoms with E-state index >= 15 is 0 Å². The van der Waals surface area contributed by atoms with Gasteiger partial charge in [-0.2, -0.15) is 0 Å². The monoisotopic (exact) mass is 283 g/mol. The Labute approximate surface area is 123 Å². The molecule has 0 bridgehead atoms. The standard InChI is InChI=1S/C17H17NO3/c1-12-6-2-3-7-14(12)17(19)18-10-13-11-20-15-8-4-5-9-16(15)21-13/h2-9,13H,10-11H2,1H3,(H,18,19). The Morgan fingerprint density at radius 1 is 1.14 bits per heavy atom. The molecule has 0 aromatic heterocycles. The molecule has 0 fully saturated rings. The zero-order valence-electron chi connectivity index (χ0n) is 11.8. The van der Waals surface area contributed by atoms with Crippen molar-refractivity contribution in [2.45, 2.75) is 13.0 Å². The molecule has 4 heteroatoms. The van der Waals surface area contributed by atoms with E-state index in [-0.39, 0.29) is 12.0 Å². The largest absolute Gasteiger partial charge is 0.486 e. The topological polar surface area (TPSA) is 47.6 Å². The molecule has 108 valence electrons. The number of rotatable bonds is 3. The van der Waals surface area contributed by atoms with Crippen LogP contribution >= 0.6 is 0 Å². The van der Waals surface area contributed by atoms with Gasteiger partial charge < -0.3 is 14.8 Å². The molecule has 0 saturated carbocycles. The molecule has 1 N–H and O–H groups in total. The van der Waals surface area contributed by atoms with Crippen LogP contribution in [0.2, 0.25) is 0 Å². The quantitative estimate of drug-likeness (QED) is 0.941. The third-order valence-corrected chi connectivity index (χ3v) is 3.45. The van der Waals surface area contributed by atoms with E-state index in [1.54, 1.807) is 0 Å². The molecule has 2 aromatic carbocycles. The first-order chi connectivity index (χ1) is 10.2. The summed E-state index contributed by atoms with van der Waals surface area (Å²) in [4.78, 5) is 12.1. The van der Waals surface area contributed by atoms with Crippen molar-refractivity contribution >= 4 is 5.91 Å². The lowest BCUT2D eigenvalue weighted by Gasteiger charge is -2.26. The molecule has 4 nitrogen and oxygen atoms in total. The molecule has 1 atom stereocenters. The molecule has 0 saturated heterocycles. The van der Waals surface area contributed by atoms with Crippen LogP contribution in [0, 0.1) is 6.92 Å². The average Bonchev–Trinajstić information content (AvgIpc) is 2.53. The maximum absolute atomic E-state index is 12.1. The van der Waals surface area contributed by atoms with Gasteiger partial charge in [0.1, 0.15) is 12.7 Å². The summed E-state index contributed by atoms with van der Waals surface area (Å²) in [6.45, 7) is 2.78. The Morgan fingerprint density at radius 2 is 1.86 bits per heavy atom. The number of para-hydroxylation sites is 2. The number of carbonyl (C=O) groups excluding carboxylic acids is 1. The Bertz CT molecular complexity index is 654. The number of nitrogens with one attached hydrogen (secondary N) is 1. The van der Waals surface area contributed by atoms with Crippen LogP contribution in [0.1, 0.15) is 15.9 Å². The summed E-state index contributed by atoms with van der Waals surface area (Å²) < 4.78 is 11.4. The van der Waals surface area contributed by atoms with Crippen LogP contribution in [0.15, 0.2) is 48.5 Å². The minimum atomic E-state index is -0.173. The molecular formula is C17H17NO3. The highest BCUT2D eigenvalue weighted by atomic mass is 16.6. The molecule has 0 aliphatic carbocycles. The first-order valence-electron chi connectivity index (χ1n) is 6.96. The Balaban J connectivity index is 1.59. The summed E-state index contributed by atoms with van der Waals surface area (Å²) in [6, 6.07) is 15.1. The number of ether oxygens (including phenoxy) is 2. The van der Waals surface area contributed by atoms with E-state index in [2.05, 4.69) is 5.32 Å². The maximum Gasteiger partial charge on any atom is 0.251 e. The second-order valence-corrected chi connectivity index (χ2v) is 5.02. The van der Waals surface area contributed by atoms with Gasteiger partial charge in [-0.05, 0) is 30.7 Å². The molecule has 3 rings (SSSR count). The van der Waals surface area contributed by atoms with Crippen LogP contribution < -0.4 is 14.8 Å². The van der Waals surface area contributed by atoms with Gasteiger partial charge in [-0.15, -0.1) is 0 Å². The molecule has 1 aliphatic heterocycles.